The van der Waals surface area contributed by atoms with Crippen LogP contribution in [0.4, 0.5) is 24.5 Å². The van der Waals surface area contributed by atoms with Crippen LogP contribution in [0.1, 0.15) is 5.56 Å². The van der Waals surface area contributed by atoms with Gasteiger partial charge < -0.3 is 4.74 Å². The number of benzene rings is 1. The van der Waals surface area contributed by atoms with Gasteiger partial charge in [0.25, 0.3) is 11.4 Å². The Morgan fingerprint density at radius 1 is 1.15 bits per heavy atom. The van der Waals surface area contributed by atoms with E-state index in [-0.39, 0.29) is 0 Å². The van der Waals surface area contributed by atoms with Gasteiger partial charge in [-0.15, -0.1) is 0 Å². The lowest BCUT2D eigenvalue weighted by Gasteiger charge is -2.07. The van der Waals surface area contributed by atoms with Crippen LogP contribution in [-0.4, -0.2) is 22.0 Å². The Bertz CT molecular complexity index is 539. The van der Waals surface area contributed by atoms with Crippen LogP contribution in [-0.2, 0) is 16.1 Å². The van der Waals surface area contributed by atoms with E-state index in [4.69, 9.17) is 0 Å². The van der Waals surface area contributed by atoms with Crippen molar-refractivity contribution in [2.45, 2.75) is 12.8 Å². The zero-order valence-electron chi connectivity index (χ0n) is 9.42. The summed E-state index contributed by atoms with van der Waals surface area (Å²) in [6, 6.07) is 2.69. The van der Waals surface area contributed by atoms with Crippen molar-refractivity contribution in [2.75, 3.05) is 0 Å². The van der Waals surface area contributed by atoms with E-state index in [1.165, 1.54) is 0 Å². The first-order valence-electron chi connectivity index (χ1n) is 4.79. The van der Waals surface area contributed by atoms with Crippen molar-refractivity contribution < 1.29 is 32.5 Å². The molecular formula is C9H5F3N2O6. The van der Waals surface area contributed by atoms with Crippen LogP contribution in [0.15, 0.2) is 18.2 Å². The predicted molar refractivity (Wildman–Crippen MR) is 55.6 cm³/mol. The fourth-order valence-electron chi connectivity index (χ4n) is 1.27. The first kappa shape index (κ1) is 15.3. The summed E-state index contributed by atoms with van der Waals surface area (Å²) in [5, 5.41) is 21.3. The second-order valence-electron chi connectivity index (χ2n) is 3.36. The van der Waals surface area contributed by atoms with E-state index in [0.29, 0.717) is 0 Å². The molecule has 0 saturated carbocycles. The zero-order chi connectivity index (χ0) is 15.5. The second kappa shape index (κ2) is 5.50. The minimum atomic E-state index is -5.29. The van der Waals surface area contributed by atoms with Gasteiger partial charge in [0.2, 0.25) is 0 Å². The highest BCUT2D eigenvalue weighted by Crippen LogP contribution is 2.29. The third-order valence-electron chi connectivity index (χ3n) is 2.10. The zero-order valence-corrected chi connectivity index (χ0v) is 9.42. The Morgan fingerprint density at radius 3 is 1.95 bits per heavy atom. The highest BCUT2D eigenvalue weighted by Gasteiger charge is 2.41. The molecule has 11 heteroatoms. The number of esters is 1. The van der Waals surface area contributed by atoms with E-state index in [2.05, 4.69) is 4.74 Å². The maximum atomic E-state index is 11.9. The molecule has 1 aromatic carbocycles. The number of rotatable bonds is 4. The van der Waals surface area contributed by atoms with Crippen molar-refractivity contribution in [1.82, 2.24) is 0 Å². The number of carbonyl (C=O) groups is 1. The number of nitro groups is 2. The van der Waals surface area contributed by atoms with Gasteiger partial charge in [0.1, 0.15) is 12.2 Å². The number of alkyl halides is 3. The molecule has 108 valence electrons. The average Bonchev–Trinajstić information content (AvgIpc) is 2.33. The average molecular weight is 294 g/mol. The van der Waals surface area contributed by atoms with Gasteiger partial charge in [0, 0.05) is 12.1 Å². The van der Waals surface area contributed by atoms with Crippen molar-refractivity contribution in [2.24, 2.45) is 0 Å². The topological polar surface area (TPSA) is 113 Å². The number of halogens is 3. The molecule has 0 fully saturated rings. The van der Waals surface area contributed by atoms with Gasteiger partial charge in [-0.1, -0.05) is 0 Å². The number of hydrogen-bond donors (Lipinski definition) is 0. The highest BCUT2D eigenvalue weighted by molar-refractivity contribution is 5.75. The Hall–Kier alpha value is -2.72. The van der Waals surface area contributed by atoms with Gasteiger partial charge in [-0.3, -0.25) is 20.2 Å². The molecule has 0 bridgehead atoms. The summed E-state index contributed by atoms with van der Waals surface area (Å²) in [5.74, 6) is -2.59. The molecule has 0 spiro atoms. The normalized spacial score (nSPS) is 10.9. The molecule has 0 aliphatic heterocycles. The molecule has 20 heavy (non-hydrogen) atoms. The molecule has 1 rings (SSSR count). The smallest absolute Gasteiger partial charge is 0.454 e. The molecule has 0 N–H and O–H groups in total. The predicted octanol–water partition coefficient (Wildman–Crippen LogP) is 2.11. The van der Waals surface area contributed by atoms with Gasteiger partial charge in [-0.05, 0) is 6.07 Å². The molecule has 0 unspecified atom stereocenters. The number of nitro benzene ring substituents is 2. The Balaban J connectivity index is 3.12. The van der Waals surface area contributed by atoms with Gasteiger partial charge in [0.05, 0.1) is 9.85 Å². The van der Waals surface area contributed by atoms with Gasteiger partial charge in [-0.2, -0.15) is 13.2 Å². The molecule has 0 heterocycles. The SMILES string of the molecule is O=C(OCc1c([N+](=O)[O-])cccc1[N+](=O)[O-])C(F)(F)F. The number of hydrogen-bond acceptors (Lipinski definition) is 6. The van der Waals surface area contributed by atoms with Gasteiger partial charge in [0.15, 0.2) is 0 Å². The number of carbonyl (C=O) groups excluding carboxylic acids is 1. The molecule has 1 aromatic rings. The lowest BCUT2D eigenvalue weighted by atomic mass is 10.1. The fourth-order valence-corrected chi connectivity index (χ4v) is 1.27. The van der Waals surface area contributed by atoms with Crippen molar-refractivity contribution in [3.63, 3.8) is 0 Å². The third-order valence-corrected chi connectivity index (χ3v) is 2.10. The van der Waals surface area contributed by atoms with Crippen molar-refractivity contribution >= 4 is 17.3 Å². The number of ether oxygens (including phenoxy) is 1. The largest absolute Gasteiger partial charge is 0.490 e. The van der Waals surface area contributed by atoms with Crippen molar-refractivity contribution in [3.05, 3.63) is 44.0 Å². The molecule has 0 atom stereocenters. The molecule has 0 aromatic heterocycles. The van der Waals surface area contributed by atoms with Crippen LogP contribution in [0.5, 0.6) is 0 Å². The van der Waals surface area contributed by atoms with E-state index >= 15 is 0 Å². The Kier molecular flexibility index (Phi) is 4.22. The molecule has 0 aliphatic carbocycles. The van der Waals surface area contributed by atoms with Crippen LogP contribution in [0.25, 0.3) is 0 Å². The van der Waals surface area contributed by atoms with E-state index in [1.807, 2.05) is 0 Å². The molecular weight excluding hydrogens is 289 g/mol. The van der Waals surface area contributed by atoms with E-state index in [0.717, 1.165) is 18.2 Å². The van der Waals surface area contributed by atoms with Crippen molar-refractivity contribution in [3.8, 4) is 0 Å². The molecule has 0 amide bonds. The van der Waals surface area contributed by atoms with E-state index in [1.54, 1.807) is 0 Å². The monoisotopic (exact) mass is 294 g/mol. The first-order valence-corrected chi connectivity index (χ1v) is 4.79. The fraction of sp³-hybridized carbons (Fsp3) is 0.222. The van der Waals surface area contributed by atoms with Crippen LogP contribution < -0.4 is 0 Å². The maximum Gasteiger partial charge on any atom is 0.490 e. The summed E-state index contributed by atoms with van der Waals surface area (Å²) >= 11 is 0. The molecule has 0 aliphatic rings. The minimum Gasteiger partial charge on any atom is -0.454 e. The minimum absolute atomic E-state index is 0.722. The summed E-state index contributed by atoms with van der Waals surface area (Å²) < 4.78 is 39.6. The first-order chi connectivity index (χ1) is 9.14. The van der Waals surface area contributed by atoms with E-state index in [9.17, 15) is 38.2 Å². The quantitative estimate of drug-likeness (QED) is 0.477. The maximum absolute atomic E-state index is 11.9. The standard InChI is InChI=1S/C9H5F3N2O6/c10-9(11,12)8(15)20-4-5-6(13(16)17)2-1-3-7(5)14(18)19/h1-3H,4H2. The van der Waals surface area contributed by atoms with Gasteiger partial charge >= 0.3 is 12.1 Å². The summed E-state index contributed by atoms with van der Waals surface area (Å²) in [7, 11) is 0. The second-order valence-corrected chi connectivity index (χ2v) is 3.36. The van der Waals surface area contributed by atoms with Crippen LogP contribution in [0, 0.1) is 20.2 Å². The lowest BCUT2D eigenvalue weighted by molar-refractivity contribution is -0.396. The summed E-state index contributed by atoms with van der Waals surface area (Å²) in [5.41, 5.74) is -2.34. The summed E-state index contributed by atoms with van der Waals surface area (Å²) in [6.45, 7) is -1.23. The van der Waals surface area contributed by atoms with Crippen LogP contribution in [0.3, 0.4) is 0 Å². The Morgan fingerprint density at radius 2 is 1.60 bits per heavy atom. The third kappa shape index (κ3) is 3.40. The molecule has 0 radical (unpaired) electrons. The van der Waals surface area contributed by atoms with Crippen LogP contribution >= 0.6 is 0 Å². The Labute approximate surface area is 108 Å². The number of nitrogens with zero attached hydrogens (tertiary/aromatic N) is 2. The summed E-state index contributed by atoms with van der Waals surface area (Å²) in [4.78, 5) is 29.8. The molecule has 8 nitrogen and oxygen atoms in total. The molecule has 0 saturated heterocycles. The van der Waals surface area contributed by atoms with E-state index < -0.39 is 45.5 Å². The lowest BCUT2D eigenvalue weighted by Crippen LogP contribution is -2.25. The summed E-state index contributed by atoms with van der Waals surface area (Å²) in [6.07, 6.45) is -5.29. The highest BCUT2D eigenvalue weighted by atomic mass is 19.4. The van der Waals surface area contributed by atoms with Crippen molar-refractivity contribution in [1.29, 1.82) is 0 Å². The van der Waals surface area contributed by atoms with Gasteiger partial charge in [-0.25, -0.2) is 4.79 Å². The van der Waals surface area contributed by atoms with Crippen LogP contribution in [0.2, 0.25) is 0 Å².